The number of carbonyl (C=O) groups is 1. The van der Waals surface area contributed by atoms with Gasteiger partial charge in [-0.25, -0.2) is 9.68 Å². The van der Waals surface area contributed by atoms with Crippen LogP contribution in [-0.4, -0.2) is 10.9 Å². The zero-order valence-electron chi connectivity index (χ0n) is 6.41. The van der Waals surface area contributed by atoms with Crippen LogP contribution >= 0.6 is 8.25 Å². The van der Waals surface area contributed by atoms with Gasteiger partial charge in [0.25, 0.3) is 0 Å². The van der Waals surface area contributed by atoms with Gasteiger partial charge < -0.3 is 0 Å². The molecule has 0 heterocycles. The Bertz CT molecular complexity index is 310. The molecule has 0 aliphatic carbocycles. The van der Waals surface area contributed by atoms with Gasteiger partial charge in [-0.1, -0.05) is 18.2 Å². The van der Waals surface area contributed by atoms with Gasteiger partial charge in [0, 0.05) is 4.57 Å². The van der Waals surface area contributed by atoms with Crippen LogP contribution in [0.3, 0.4) is 0 Å². The molecule has 6 heteroatoms. The molecule has 0 bridgehead atoms. The number of carbonyl (C=O) groups excluding carboxylic acids is 1. The molecule has 0 saturated carbocycles. The van der Waals surface area contributed by atoms with E-state index in [2.05, 4.69) is 9.56 Å². The third-order valence-corrected chi connectivity index (χ3v) is 1.39. The van der Waals surface area contributed by atoms with Crippen molar-refractivity contribution in [2.24, 2.45) is 0 Å². The third kappa shape index (κ3) is 3.29. The molecule has 1 rings (SSSR count). The van der Waals surface area contributed by atoms with E-state index in [1.54, 1.807) is 18.2 Å². The number of hydrogen-bond acceptors (Lipinski definition) is 4. The Morgan fingerprint density at radius 3 is 2.46 bits per heavy atom. The van der Waals surface area contributed by atoms with E-state index in [9.17, 15) is 9.36 Å². The average Bonchev–Trinajstić information content (AvgIpc) is 2.15. The number of benzene rings is 1. The highest BCUT2D eigenvalue weighted by Crippen LogP contribution is 2.15. The second-order valence-electron chi connectivity index (χ2n) is 2.05. The first-order chi connectivity index (χ1) is 6.20. The molecule has 0 amide bonds. The van der Waals surface area contributed by atoms with Gasteiger partial charge in [0.05, 0.1) is 5.56 Å². The fourth-order valence-electron chi connectivity index (χ4n) is 0.688. The molecule has 5 nitrogen and oxygen atoms in total. The molecular weight excluding hydrogens is 195 g/mol. The van der Waals surface area contributed by atoms with Crippen molar-refractivity contribution in [3.05, 3.63) is 35.9 Å². The Labute approximate surface area is 74.8 Å². The standard InChI is InChI=1S/C7H5O5P/c8-7(11-12-13(9)10)6-4-2-1-3-5-6/h1-5H/p+1. The molecule has 68 valence electrons. The fraction of sp³-hybridized carbons (Fsp3) is 0. The Morgan fingerprint density at radius 1 is 1.31 bits per heavy atom. The third-order valence-electron chi connectivity index (χ3n) is 1.19. The minimum atomic E-state index is -2.92. The lowest BCUT2D eigenvalue weighted by Gasteiger charge is -1.93. The van der Waals surface area contributed by atoms with Crippen LogP contribution in [0.5, 0.6) is 0 Å². The van der Waals surface area contributed by atoms with Crippen LogP contribution < -0.4 is 0 Å². The zero-order chi connectivity index (χ0) is 9.68. The lowest BCUT2D eigenvalue weighted by molar-refractivity contribution is -0.150. The van der Waals surface area contributed by atoms with Crippen molar-refractivity contribution in [1.29, 1.82) is 0 Å². The van der Waals surface area contributed by atoms with Gasteiger partial charge >= 0.3 is 14.2 Å². The zero-order valence-corrected chi connectivity index (χ0v) is 7.31. The first-order valence-electron chi connectivity index (χ1n) is 3.30. The summed E-state index contributed by atoms with van der Waals surface area (Å²) in [5, 5.41) is 0. The van der Waals surface area contributed by atoms with Gasteiger partial charge in [-0.15, -0.1) is 4.89 Å². The predicted molar refractivity (Wildman–Crippen MR) is 42.8 cm³/mol. The first kappa shape index (κ1) is 9.80. The molecule has 0 aliphatic rings. The van der Waals surface area contributed by atoms with Crippen molar-refractivity contribution in [3.63, 3.8) is 0 Å². The summed E-state index contributed by atoms with van der Waals surface area (Å²) in [6.45, 7) is 0. The summed E-state index contributed by atoms with van der Waals surface area (Å²) in [6, 6.07) is 7.99. The molecule has 1 atom stereocenters. The lowest BCUT2D eigenvalue weighted by Crippen LogP contribution is -2.02. The maximum atomic E-state index is 11.0. The van der Waals surface area contributed by atoms with E-state index in [4.69, 9.17) is 4.89 Å². The molecule has 0 spiro atoms. The van der Waals surface area contributed by atoms with Crippen LogP contribution in [0.15, 0.2) is 30.3 Å². The molecule has 0 saturated heterocycles. The Kier molecular flexibility index (Phi) is 3.52. The quantitative estimate of drug-likeness (QED) is 0.454. The van der Waals surface area contributed by atoms with Gasteiger partial charge in [-0.05, 0) is 12.1 Å². The number of hydrogen-bond donors (Lipinski definition) is 1. The van der Waals surface area contributed by atoms with Crippen LogP contribution in [0.1, 0.15) is 10.4 Å². The van der Waals surface area contributed by atoms with Crippen molar-refractivity contribution in [2.45, 2.75) is 0 Å². The van der Waals surface area contributed by atoms with Crippen LogP contribution in [-0.2, 0) is 14.1 Å². The molecule has 0 aliphatic heterocycles. The van der Waals surface area contributed by atoms with E-state index in [1.165, 1.54) is 12.1 Å². The summed E-state index contributed by atoms with van der Waals surface area (Å²) in [7, 11) is -2.92. The normalized spacial score (nSPS) is 10.7. The summed E-state index contributed by atoms with van der Waals surface area (Å²) in [5.74, 6) is -0.807. The lowest BCUT2D eigenvalue weighted by atomic mass is 10.2. The summed E-state index contributed by atoms with van der Waals surface area (Å²) < 4.78 is 13.8. The van der Waals surface area contributed by atoms with Crippen LogP contribution in [0.2, 0.25) is 0 Å². The highest BCUT2D eigenvalue weighted by atomic mass is 31.1. The maximum Gasteiger partial charge on any atom is 0.736 e. The van der Waals surface area contributed by atoms with Crippen molar-refractivity contribution in [2.75, 3.05) is 0 Å². The van der Waals surface area contributed by atoms with Crippen molar-refractivity contribution in [1.82, 2.24) is 0 Å². The van der Waals surface area contributed by atoms with E-state index in [0.29, 0.717) is 0 Å². The average molecular weight is 201 g/mol. The topological polar surface area (TPSA) is 72.8 Å². The van der Waals surface area contributed by atoms with Crippen molar-refractivity contribution < 1.29 is 23.8 Å². The van der Waals surface area contributed by atoms with Gasteiger partial charge in [0.15, 0.2) is 0 Å². The Balaban J connectivity index is 2.54. The van der Waals surface area contributed by atoms with Crippen molar-refractivity contribution >= 4 is 14.2 Å². The summed E-state index contributed by atoms with van der Waals surface area (Å²) in [4.78, 5) is 23.1. The molecule has 1 N–H and O–H groups in total. The smallest absolute Gasteiger partial charge is 0.246 e. The maximum absolute atomic E-state index is 11.0. The molecular formula is C7H6O5P+. The minimum absolute atomic E-state index is 0.249. The minimum Gasteiger partial charge on any atom is -0.246 e. The summed E-state index contributed by atoms with van der Waals surface area (Å²) >= 11 is 0. The van der Waals surface area contributed by atoms with E-state index in [1.807, 2.05) is 0 Å². The second kappa shape index (κ2) is 4.67. The summed E-state index contributed by atoms with van der Waals surface area (Å²) in [6.07, 6.45) is 0. The SMILES string of the molecule is O=C(OO[P+](=O)O)c1ccccc1. The largest absolute Gasteiger partial charge is 0.736 e. The van der Waals surface area contributed by atoms with Gasteiger partial charge in [0.1, 0.15) is 4.67 Å². The first-order valence-corrected chi connectivity index (χ1v) is 4.43. The molecule has 1 aromatic rings. The van der Waals surface area contributed by atoms with E-state index < -0.39 is 14.2 Å². The van der Waals surface area contributed by atoms with Gasteiger partial charge in [-0.3, -0.25) is 0 Å². The van der Waals surface area contributed by atoms with Crippen LogP contribution in [0.4, 0.5) is 0 Å². The fourth-order valence-corrected chi connectivity index (χ4v) is 0.820. The molecule has 0 radical (unpaired) electrons. The number of rotatable bonds is 3. The van der Waals surface area contributed by atoms with Crippen molar-refractivity contribution in [3.8, 4) is 0 Å². The summed E-state index contributed by atoms with van der Waals surface area (Å²) in [5.41, 5.74) is 0.249. The second-order valence-corrected chi connectivity index (χ2v) is 2.67. The monoisotopic (exact) mass is 201 g/mol. The Hall–Kier alpha value is -1.29. The van der Waals surface area contributed by atoms with Crippen LogP contribution in [0.25, 0.3) is 0 Å². The molecule has 0 aromatic heterocycles. The van der Waals surface area contributed by atoms with Gasteiger partial charge in [0.2, 0.25) is 0 Å². The van der Waals surface area contributed by atoms with E-state index in [-0.39, 0.29) is 5.56 Å². The molecule has 13 heavy (non-hydrogen) atoms. The van der Waals surface area contributed by atoms with Gasteiger partial charge in [-0.2, -0.15) is 0 Å². The molecule has 0 fully saturated rings. The highest BCUT2D eigenvalue weighted by Gasteiger charge is 2.18. The highest BCUT2D eigenvalue weighted by molar-refractivity contribution is 7.31. The Morgan fingerprint density at radius 2 is 1.92 bits per heavy atom. The predicted octanol–water partition coefficient (Wildman–Crippen LogP) is 1.42. The van der Waals surface area contributed by atoms with E-state index in [0.717, 1.165) is 0 Å². The molecule has 1 aromatic carbocycles. The van der Waals surface area contributed by atoms with Crippen LogP contribution in [0, 0.1) is 0 Å². The van der Waals surface area contributed by atoms with E-state index >= 15 is 0 Å². The molecule has 1 unspecified atom stereocenters.